The van der Waals surface area contributed by atoms with E-state index in [1.165, 1.54) is 18.2 Å². The van der Waals surface area contributed by atoms with Gasteiger partial charge in [-0.2, -0.15) is 0 Å². The molecule has 0 saturated carbocycles. The molecular formula is C13H10BrFN2O3. The smallest absolute Gasteiger partial charge is 0.337 e. The van der Waals surface area contributed by atoms with Gasteiger partial charge in [-0.05, 0) is 24.3 Å². The van der Waals surface area contributed by atoms with Crippen LogP contribution in [0.2, 0.25) is 0 Å². The number of H-pyrrole nitrogens is 1. The molecule has 0 aliphatic heterocycles. The fourth-order valence-electron chi connectivity index (χ4n) is 1.67. The average Bonchev–Trinajstić information content (AvgIpc) is 2.37. The van der Waals surface area contributed by atoms with E-state index in [4.69, 9.17) is 5.11 Å². The normalized spacial score (nSPS) is 10.3. The quantitative estimate of drug-likeness (QED) is 0.798. The molecule has 20 heavy (non-hydrogen) atoms. The Morgan fingerprint density at radius 3 is 2.75 bits per heavy atom. The molecule has 2 aromatic rings. The van der Waals surface area contributed by atoms with Crippen LogP contribution in [0.5, 0.6) is 0 Å². The van der Waals surface area contributed by atoms with Crippen molar-refractivity contribution in [2.75, 3.05) is 5.32 Å². The van der Waals surface area contributed by atoms with Crippen LogP contribution in [-0.2, 0) is 6.54 Å². The molecule has 1 aromatic heterocycles. The summed E-state index contributed by atoms with van der Waals surface area (Å²) in [6.07, 6.45) is 0. The number of rotatable bonds is 4. The molecule has 2 rings (SSSR count). The highest BCUT2D eigenvalue weighted by Crippen LogP contribution is 2.20. The van der Waals surface area contributed by atoms with Crippen LogP contribution in [0, 0.1) is 5.82 Å². The van der Waals surface area contributed by atoms with Crippen LogP contribution < -0.4 is 10.9 Å². The molecule has 0 unspecified atom stereocenters. The van der Waals surface area contributed by atoms with E-state index in [-0.39, 0.29) is 23.5 Å². The molecule has 7 heteroatoms. The predicted molar refractivity (Wildman–Crippen MR) is 75.4 cm³/mol. The Labute approximate surface area is 121 Å². The van der Waals surface area contributed by atoms with Gasteiger partial charge < -0.3 is 15.4 Å². The van der Waals surface area contributed by atoms with Crippen molar-refractivity contribution in [2.24, 2.45) is 0 Å². The Morgan fingerprint density at radius 1 is 1.35 bits per heavy atom. The molecule has 1 aromatic carbocycles. The lowest BCUT2D eigenvalue weighted by Gasteiger charge is -2.09. The summed E-state index contributed by atoms with van der Waals surface area (Å²) in [6.45, 7) is -0.00370. The first kappa shape index (κ1) is 14.3. The third-order valence-corrected chi connectivity index (χ3v) is 3.11. The number of carboxylic acids is 1. The average molecular weight is 341 g/mol. The number of anilines is 1. The molecule has 0 fully saturated rings. The summed E-state index contributed by atoms with van der Waals surface area (Å²) >= 11 is 3.14. The highest BCUT2D eigenvalue weighted by atomic mass is 79.9. The number of pyridine rings is 1. The van der Waals surface area contributed by atoms with Gasteiger partial charge in [0.15, 0.2) is 0 Å². The van der Waals surface area contributed by atoms with Crippen molar-refractivity contribution >= 4 is 27.6 Å². The number of carboxylic acid groups (broad SMARTS) is 1. The number of hydrogen-bond donors (Lipinski definition) is 3. The zero-order valence-corrected chi connectivity index (χ0v) is 11.7. The van der Waals surface area contributed by atoms with Gasteiger partial charge >= 0.3 is 5.97 Å². The van der Waals surface area contributed by atoms with Crippen molar-refractivity contribution < 1.29 is 14.3 Å². The molecule has 0 aliphatic rings. The maximum absolute atomic E-state index is 13.6. The zero-order valence-electron chi connectivity index (χ0n) is 10.1. The van der Waals surface area contributed by atoms with Crippen LogP contribution >= 0.6 is 15.9 Å². The lowest BCUT2D eigenvalue weighted by atomic mass is 10.2. The molecule has 5 nitrogen and oxygen atoms in total. The van der Waals surface area contributed by atoms with Crippen molar-refractivity contribution in [3.05, 3.63) is 62.2 Å². The third kappa shape index (κ3) is 3.24. The summed E-state index contributed by atoms with van der Waals surface area (Å²) in [5.74, 6) is -1.64. The SMILES string of the molecule is O=C(O)c1ccc(=O)[nH]c1CNc1ccc(Br)cc1F. The summed E-state index contributed by atoms with van der Waals surface area (Å²) in [5, 5.41) is 11.8. The number of aromatic carboxylic acids is 1. The van der Waals surface area contributed by atoms with Crippen LogP contribution in [0.15, 0.2) is 39.6 Å². The van der Waals surface area contributed by atoms with Crippen molar-refractivity contribution in [1.82, 2.24) is 4.98 Å². The van der Waals surface area contributed by atoms with E-state index in [0.717, 1.165) is 6.07 Å². The van der Waals surface area contributed by atoms with Gasteiger partial charge in [0.2, 0.25) is 5.56 Å². The van der Waals surface area contributed by atoms with E-state index in [1.54, 1.807) is 6.07 Å². The van der Waals surface area contributed by atoms with E-state index in [0.29, 0.717) is 4.47 Å². The van der Waals surface area contributed by atoms with E-state index >= 15 is 0 Å². The molecule has 104 valence electrons. The third-order valence-electron chi connectivity index (χ3n) is 2.62. The fourth-order valence-corrected chi connectivity index (χ4v) is 2.01. The Bertz CT molecular complexity index is 715. The minimum atomic E-state index is -1.16. The van der Waals surface area contributed by atoms with E-state index in [9.17, 15) is 14.0 Å². The standard InChI is InChI=1S/C13H10BrFN2O3/c14-7-1-3-10(9(15)5-7)16-6-11-8(13(19)20)2-4-12(18)17-11/h1-5,16H,6H2,(H,17,18)(H,19,20). The second-order valence-electron chi connectivity index (χ2n) is 4.00. The predicted octanol–water partition coefficient (Wildman–Crippen LogP) is 2.59. The molecule has 0 atom stereocenters. The summed E-state index contributed by atoms with van der Waals surface area (Å²) in [6, 6.07) is 6.80. The lowest BCUT2D eigenvalue weighted by molar-refractivity contribution is 0.0695. The number of hydrogen-bond acceptors (Lipinski definition) is 3. The Balaban J connectivity index is 2.24. The highest BCUT2D eigenvalue weighted by molar-refractivity contribution is 9.10. The molecule has 0 spiro atoms. The highest BCUT2D eigenvalue weighted by Gasteiger charge is 2.11. The molecule has 0 amide bonds. The minimum absolute atomic E-state index is 0.00370. The number of aromatic amines is 1. The van der Waals surface area contributed by atoms with Crippen molar-refractivity contribution in [2.45, 2.75) is 6.54 Å². The summed E-state index contributed by atoms with van der Waals surface area (Å²) < 4.78 is 14.2. The monoisotopic (exact) mass is 340 g/mol. The van der Waals surface area contributed by atoms with E-state index in [2.05, 4.69) is 26.2 Å². The number of aromatic nitrogens is 1. The maximum atomic E-state index is 13.6. The van der Waals surface area contributed by atoms with E-state index < -0.39 is 17.3 Å². The van der Waals surface area contributed by atoms with Gasteiger partial charge in [0.25, 0.3) is 0 Å². The van der Waals surface area contributed by atoms with Gasteiger partial charge in [0, 0.05) is 10.5 Å². The van der Waals surface area contributed by atoms with Crippen molar-refractivity contribution in [1.29, 1.82) is 0 Å². The zero-order chi connectivity index (χ0) is 14.7. The minimum Gasteiger partial charge on any atom is -0.478 e. The number of nitrogens with one attached hydrogen (secondary N) is 2. The lowest BCUT2D eigenvalue weighted by Crippen LogP contribution is -2.16. The first-order chi connectivity index (χ1) is 9.47. The van der Waals surface area contributed by atoms with Gasteiger partial charge in [0.1, 0.15) is 5.82 Å². The molecule has 0 bridgehead atoms. The largest absolute Gasteiger partial charge is 0.478 e. The second-order valence-corrected chi connectivity index (χ2v) is 4.91. The first-order valence-corrected chi connectivity index (χ1v) is 6.41. The topological polar surface area (TPSA) is 82.2 Å². The van der Waals surface area contributed by atoms with Crippen LogP contribution in [0.3, 0.4) is 0 Å². The van der Waals surface area contributed by atoms with Crippen molar-refractivity contribution in [3.8, 4) is 0 Å². The van der Waals surface area contributed by atoms with Gasteiger partial charge in [0.05, 0.1) is 23.5 Å². The van der Waals surface area contributed by atoms with E-state index in [1.807, 2.05) is 0 Å². The number of carbonyl (C=O) groups is 1. The van der Waals surface area contributed by atoms with Crippen molar-refractivity contribution in [3.63, 3.8) is 0 Å². The van der Waals surface area contributed by atoms with Gasteiger partial charge in [-0.25, -0.2) is 9.18 Å². The van der Waals surface area contributed by atoms with Gasteiger partial charge in [-0.15, -0.1) is 0 Å². The van der Waals surface area contributed by atoms with Gasteiger partial charge in [-0.1, -0.05) is 15.9 Å². The summed E-state index contributed by atoms with van der Waals surface area (Å²) in [5.41, 5.74) is -0.0424. The number of benzene rings is 1. The first-order valence-electron chi connectivity index (χ1n) is 5.62. The van der Waals surface area contributed by atoms with Gasteiger partial charge in [-0.3, -0.25) is 4.79 Å². The number of halogens is 2. The van der Waals surface area contributed by atoms with Crippen LogP contribution in [0.4, 0.5) is 10.1 Å². The Hall–Kier alpha value is -2.15. The summed E-state index contributed by atoms with van der Waals surface area (Å²) in [4.78, 5) is 24.7. The Kier molecular flexibility index (Phi) is 4.19. The molecule has 3 N–H and O–H groups in total. The fraction of sp³-hybridized carbons (Fsp3) is 0.0769. The molecular weight excluding hydrogens is 331 g/mol. The second kappa shape index (κ2) is 5.87. The van der Waals surface area contributed by atoms with Crippen LogP contribution in [0.25, 0.3) is 0 Å². The molecule has 0 saturated heterocycles. The molecule has 1 heterocycles. The molecule has 0 aliphatic carbocycles. The molecule has 0 radical (unpaired) electrons. The summed E-state index contributed by atoms with van der Waals surface area (Å²) in [7, 11) is 0. The van der Waals surface area contributed by atoms with Crippen LogP contribution in [0.1, 0.15) is 16.1 Å². The van der Waals surface area contributed by atoms with Crippen LogP contribution in [-0.4, -0.2) is 16.1 Å². The Morgan fingerprint density at radius 2 is 2.10 bits per heavy atom. The maximum Gasteiger partial charge on any atom is 0.337 e.